The summed E-state index contributed by atoms with van der Waals surface area (Å²) in [5.41, 5.74) is 4.42. The number of benzene rings is 3. The number of amides is 4. The number of nitrogens with one attached hydrogen (secondary N) is 3. The van der Waals surface area contributed by atoms with E-state index in [2.05, 4.69) is 26.9 Å². The lowest BCUT2D eigenvalue weighted by atomic mass is 9.87. The zero-order valence-electron chi connectivity index (χ0n) is 40.0. The lowest BCUT2D eigenvalue weighted by Crippen LogP contribution is -2.52. The van der Waals surface area contributed by atoms with Crippen LogP contribution in [0.1, 0.15) is 102 Å². The van der Waals surface area contributed by atoms with Gasteiger partial charge in [-0.05, 0) is 131 Å². The minimum atomic E-state index is -3.68. The first-order valence-corrected chi connectivity index (χ1v) is 26.7. The number of likely N-dealkylation sites (tertiary alicyclic amines) is 1. The molecule has 8 rings (SSSR count). The molecule has 0 bridgehead atoms. The summed E-state index contributed by atoms with van der Waals surface area (Å²) in [6, 6.07) is 19.4. The summed E-state index contributed by atoms with van der Waals surface area (Å²) >= 11 is 7.76. The summed E-state index contributed by atoms with van der Waals surface area (Å²) in [5, 5.41) is 18.1. The minimum absolute atomic E-state index is 0.0305. The van der Waals surface area contributed by atoms with Gasteiger partial charge in [-0.2, -0.15) is 0 Å². The summed E-state index contributed by atoms with van der Waals surface area (Å²) in [6.45, 7) is 7.72. The van der Waals surface area contributed by atoms with E-state index < -0.39 is 46.1 Å². The monoisotopic (exact) mass is 1030 g/mol. The minimum Gasteiger partial charge on any atom is -0.479 e. The fourth-order valence-electron chi connectivity index (χ4n) is 9.66. The summed E-state index contributed by atoms with van der Waals surface area (Å²) < 4.78 is 39.8. The summed E-state index contributed by atoms with van der Waals surface area (Å²) in [7, 11) is -3.68. The highest BCUT2D eigenvalue weighted by atomic mass is 35.5. The summed E-state index contributed by atoms with van der Waals surface area (Å²) in [6.07, 6.45) is 4.63. The van der Waals surface area contributed by atoms with E-state index in [0.717, 1.165) is 60.5 Å². The third-order valence-corrected chi connectivity index (χ3v) is 16.7. The second kappa shape index (κ2) is 21.9. The molecule has 4 aliphatic rings. The van der Waals surface area contributed by atoms with Gasteiger partial charge < -0.3 is 35.0 Å². The van der Waals surface area contributed by atoms with Gasteiger partial charge >= 0.3 is 11.9 Å². The average Bonchev–Trinajstić information content (AvgIpc) is 3.83. The van der Waals surface area contributed by atoms with Crippen molar-refractivity contribution in [3.63, 3.8) is 0 Å². The SMILES string of the molecule is CC(C)(C)OC(=O)c1sc(-c2cccc(NC3CCN(S(=O)(=O)Cc4cccc(NC(=O)CCN5CCC(Cc6cccc7c6CN(C6CCC(=O)NC6=O)C7=O)CC5)c4)CC3)c2)c(Cl)c1OCC(=O)O. The van der Waals surface area contributed by atoms with Crippen molar-refractivity contribution in [1.82, 2.24) is 19.4 Å². The molecule has 4 aromatic rings. The maximum atomic E-state index is 13.7. The van der Waals surface area contributed by atoms with Gasteiger partial charge in [-0.25, -0.2) is 22.3 Å². The number of esters is 1. The van der Waals surface area contributed by atoms with E-state index in [1.807, 2.05) is 36.4 Å². The number of nitrogens with zero attached hydrogens (tertiary/aromatic N) is 3. The van der Waals surface area contributed by atoms with Crippen LogP contribution in [0.15, 0.2) is 66.7 Å². The lowest BCUT2D eigenvalue weighted by molar-refractivity contribution is -0.139. The van der Waals surface area contributed by atoms with Gasteiger partial charge in [0, 0.05) is 62.0 Å². The second-order valence-corrected chi connectivity index (χ2v) is 22.9. The Balaban J connectivity index is 0.779. The molecule has 0 spiro atoms. The van der Waals surface area contributed by atoms with Crippen LogP contribution in [0.25, 0.3) is 10.4 Å². The number of piperidine rings is 3. The number of carbonyl (C=O) groups is 6. The normalized spacial score (nSPS) is 18.5. The van der Waals surface area contributed by atoms with Crippen LogP contribution in [0.2, 0.25) is 5.02 Å². The Bertz CT molecular complexity index is 2810. The fourth-order valence-corrected chi connectivity index (χ4v) is 12.6. The van der Waals surface area contributed by atoms with Crippen LogP contribution in [0.5, 0.6) is 5.75 Å². The first-order chi connectivity index (χ1) is 33.8. The number of hydrogen-bond acceptors (Lipinski definition) is 13. The number of aliphatic carboxylic acids is 1. The lowest BCUT2D eigenvalue weighted by Gasteiger charge is -2.32. The average molecular weight is 1030 g/mol. The van der Waals surface area contributed by atoms with Crippen molar-refractivity contribution < 1.29 is 51.8 Å². The van der Waals surface area contributed by atoms with Gasteiger partial charge in [0.15, 0.2) is 17.2 Å². The molecule has 17 nitrogen and oxygen atoms in total. The number of carboxylic acid groups (broad SMARTS) is 1. The number of sulfonamides is 1. The Hall–Kier alpha value is -5.86. The number of imide groups is 1. The Morgan fingerprint density at radius 3 is 2.35 bits per heavy atom. The van der Waals surface area contributed by atoms with Crippen molar-refractivity contribution in [2.75, 3.05) is 50.0 Å². The highest BCUT2D eigenvalue weighted by molar-refractivity contribution is 7.88. The molecule has 1 atom stereocenters. The number of anilines is 2. The Morgan fingerprint density at radius 2 is 1.63 bits per heavy atom. The zero-order chi connectivity index (χ0) is 50.6. The van der Waals surface area contributed by atoms with Crippen molar-refractivity contribution in [2.45, 2.75) is 102 Å². The Kier molecular flexibility index (Phi) is 15.9. The predicted molar refractivity (Wildman–Crippen MR) is 269 cm³/mol. The second-order valence-electron chi connectivity index (χ2n) is 19.6. The number of ether oxygens (including phenoxy) is 2. The number of carbonyl (C=O) groups excluding carboxylic acids is 5. The largest absolute Gasteiger partial charge is 0.479 e. The molecule has 1 aromatic heterocycles. The van der Waals surface area contributed by atoms with Gasteiger partial charge in [-0.15, -0.1) is 11.3 Å². The molecule has 3 aromatic carbocycles. The molecular weight excluding hydrogens is 972 g/mol. The molecule has 5 heterocycles. The maximum Gasteiger partial charge on any atom is 0.352 e. The number of halogens is 1. The number of hydrogen-bond donors (Lipinski definition) is 4. The molecule has 20 heteroatoms. The third-order valence-electron chi connectivity index (χ3n) is 13.2. The molecule has 378 valence electrons. The van der Waals surface area contributed by atoms with Crippen molar-refractivity contribution in [3.05, 3.63) is 98.9 Å². The molecule has 4 aliphatic heterocycles. The quantitative estimate of drug-likeness (QED) is 0.0623. The van der Waals surface area contributed by atoms with E-state index >= 15 is 0 Å². The first kappa shape index (κ1) is 51.5. The van der Waals surface area contributed by atoms with Crippen LogP contribution >= 0.6 is 22.9 Å². The molecule has 0 radical (unpaired) electrons. The van der Waals surface area contributed by atoms with E-state index in [1.54, 1.807) is 49.9 Å². The van der Waals surface area contributed by atoms with Crippen LogP contribution < -0.4 is 20.7 Å². The predicted octanol–water partition coefficient (Wildman–Crippen LogP) is 6.94. The molecule has 0 saturated carbocycles. The highest BCUT2D eigenvalue weighted by Gasteiger charge is 2.40. The van der Waals surface area contributed by atoms with Crippen LogP contribution in [-0.4, -0.2) is 120 Å². The number of carboxylic acids is 1. The van der Waals surface area contributed by atoms with E-state index in [1.165, 1.54) is 4.31 Å². The van der Waals surface area contributed by atoms with Crippen LogP contribution in [0, 0.1) is 5.92 Å². The van der Waals surface area contributed by atoms with Gasteiger partial charge in [-0.3, -0.25) is 24.5 Å². The zero-order valence-corrected chi connectivity index (χ0v) is 42.4. The molecule has 4 amide bonds. The van der Waals surface area contributed by atoms with Gasteiger partial charge in [0.2, 0.25) is 27.7 Å². The highest BCUT2D eigenvalue weighted by Crippen LogP contribution is 2.47. The van der Waals surface area contributed by atoms with Crippen LogP contribution in [0.4, 0.5) is 11.4 Å². The molecule has 3 saturated heterocycles. The molecule has 4 N–H and O–H groups in total. The van der Waals surface area contributed by atoms with E-state index in [-0.39, 0.29) is 58.0 Å². The topological polar surface area (TPSA) is 221 Å². The Morgan fingerprint density at radius 1 is 0.915 bits per heavy atom. The van der Waals surface area contributed by atoms with Crippen molar-refractivity contribution in [3.8, 4) is 16.2 Å². The number of thiophene rings is 1. The number of fused-ring (bicyclic) bond motifs is 1. The van der Waals surface area contributed by atoms with Gasteiger partial charge in [0.1, 0.15) is 16.7 Å². The van der Waals surface area contributed by atoms with Crippen LogP contribution in [-0.2, 0) is 52.7 Å². The maximum absolute atomic E-state index is 13.7. The van der Waals surface area contributed by atoms with Gasteiger partial charge in [0.05, 0.1) is 10.6 Å². The first-order valence-electron chi connectivity index (χ1n) is 23.9. The molecular formula is C51H59ClN6O11S2. The van der Waals surface area contributed by atoms with Crippen molar-refractivity contribution in [2.24, 2.45) is 5.92 Å². The number of rotatable bonds is 17. The van der Waals surface area contributed by atoms with E-state index in [0.29, 0.717) is 78.6 Å². The fraction of sp³-hybridized carbons (Fsp3) is 0.451. The molecule has 1 unspecified atom stereocenters. The summed E-state index contributed by atoms with van der Waals surface area (Å²) in [5.74, 6) is -2.82. The summed E-state index contributed by atoms with van der Waals surface area (Å²) in [4.78, 5) is 79.5. The van der Waals surface area contributed by atoms with Gasteiger partial charge in [0.25, 0.3) is 5.91 Å². The Labute approximate surface area is 422 Å². The van der Waals surface area contributed by atoms with Crippen molar-refractivity contribution >= 4 is 79.9 Å². The molecule has 0 aliphatic carbocycles. The van der Waals surface area contributed by atoms with Crippen molar-refractivity contribution in [1.29, 1.82) is 0 Å². The molecule has 71 heavy (non-hydrogen) atoms. The smallest absolute Gasteiger partial charge is 0.352 e. The third kappa shape index (κ3) is 12.8. The van der Waals surface area contributed by atoms with Gasteiger partial charge in [-0.1, -0.05) is 48.0 Å². The standard InChI is InChI=1S/C51H59ClN6O11S2/c1-51(2,3)69-50(65)47-45(68-29-43(61)62)44(52)46(70-47)34-9-5-11-37(27-34)53-35-17-23-57(24-18-35)71(66,67)30-32-7-4-10-36(26-32)54-42(60)19-22-56-20-15-31(16-21-56)25-33-8-6-12-38-39(33)28-58(49(38)64)40-13-14-41(59)55-48(40)63/h4-12,26-27,31,35,40,53H,13-25,28-30H2,1-3H3,(H,54,60)(H,61,62)(H,55,59,63). The van der Waals surface area contributed by atoms with E-state index in [9.17, 15) is 42.3 Å². The molecule has 3 fully saturated rings. The van der Waals surface area contributed by atoms with Crippen LogP contribution in [0.3, 0.4) is 0 Å². The van der Waals surface area contributed by atoms with E-state index in [4.69, 9.17) is 21.1 Å².